The van der Waals surface area contributed by atoms with Gasteiger partial charge in [0.25, 0.3) is 0 Å². The molecule has 0 heterocycles. The maximum absolute atomic E-state index is 12.6. The van der Waals surface area contributed by atoms with Crippen molar-refractivity contribution in [2.24, 2.45) is 16.3 Å². The highest BCUT2D eigenvalue weighted by molar-refractivity contribution is 5.85. The number of nitrogens with zero attached hydrogens (tertiary/aromatic N) is 2. The molecule has 134 valence electrons. The number of guanidine groups is 1. The number of carbonyl (C=O) groups excluding carboxylic acids is 1. The number of carbonyl (C=O) groups is 1. The maximum Gasteiger partial charge on any atom is 0.230 e. The molecule has 0 aromatic carbocycles. The van der Waals surface area contributed by atoms with Gasteiger partial charge in [-0.3, -0.25) is 9.79 Å². The van der Waals surface area contributed by atoms with E-state index in [2.05, 4.69) is 36.4 Å². The van der Waals surface area contributed by atoms with Gasteiger partial charge in [-0.25, -0.2) is 0 Å². The summed E-state index contributed by atoms with van der Waals surface area (Å²) in [6.07, 6.45) is 6.54. The number of hydrogen-bond donors (Lipinski definition) is 2. The average Bonchev–Trinajstić information content (AvgIpc) is 2.98. The Morgan fingerprint density at radius 2 is 1.78 bits per heavy atom. The maximum atomic E-state index is 12.6. The normalized spacial score (nSPS) is 18.8. The van der Waals surface area contributed by atoms with Crippen LogP contribution in [0.1, 0.15) is 59.3 Å². The van der Waals surface area contributed by atoms with Crippen LogP contribution in [0, 0.1) is 11.3 Å². The van der Waals surface area contributed by atoms with Crippen LogP contribution in [0.3, 0.4) is 0 Å². The number of nitrogens with one attached hydrogen (secondary N) is 2. The third-order valence-electron chi connectivity index (χ3n) is 4.80. The molecule has 1 rings (SSSR count). The number of hydrogen-bond acceptors (Lipinski definition) is 2. The fourth-order valence-corrected chi connectivity index (χ4v) is 3.33. The smallest absolute Gasteiger partial charge is 0.230 e. The van der Waals surface area contributed by atoms with Crippen molar-refractivity contribution in [3.8, 4) is 0 Å². The summed E-state index contributed by atoms with van der Waals surface area (Å²) in [6.45, 7) is 7.35. The second-order valence-corrected chi connectivity index (χ2v) is 7.63. The molecule has 0 aliphatic heterocycles. The van der Waals surface area contributed by atoms with Crippen LogP contribution in [0.5, 0.6) is 0 Å². The van der Waals surface area contributed by atoms with E-state index in [9.17, 15) is 4.79 Å². The molecule has 1 saturated carbocycles. The molecule has 1 unspecified atom stereocenters. The first-order chi connectivity index (χ1) is 10.8. The molecule has 0 bridgehead atoms. The standard InChI is InChI=1S/C18H36N4O/c1-14(2)9-10-15(3)21-17(19-4)20-13-18(11-7-8-12-18)16(23)22(5)6/h14-15H,7-13H2,1-6H3,(H2,19,20,21). The van der Waals surface area contributed by atoms with Crippen LogP contribution in [-0.2, 0) is 4.79 Å². The highest BCUT2D eigenvalue weighted by Crippen LogP contribution is 2.38. The predicted molar refractivity (Wildman–Crippen MR) is 97.6 cm³/mol. The highest BCUT2D eigenvalue weighted by Gasteiger charge is 2.42. The Hall–Kier alpha value is -1.26. The minimum Gasteiger partial charge on any atom is -0.355 e. The molecule has 0 spiro atoms. The van der Waals surface area contributed by atoms with E-state index >= 15 is 0 Å². The topological polar surface area (TPSA) is 56.7 Å². The molecule has 0 aromatic heterocycles. The second kappa shape index (κ2) is 9.14. The van der Waals surface area contributed by atoms with Crippen molar-refractivity contribution in [1.82, 2.24) is 15.5 Å². The SMILES string of the molecule is CN=C(NCC1(C(=O)N(C)C)CCCC1)NC(C)CCC(C)C. The van der Waals surface area contributed by atoms with Crippen LogP contribution >= 0.6 is 0 Å². The van der Waals surface area contributed by atoms with Gasteiger partial charge in [0, 0.05) is 33.7 Å². The van der Waals surface area contributed by atoms with E-state index in [1.807, 2.05) is 14.1 Å². The lowest BCUT2D eigenvalue weighted by Crippen LogP contribution is -2.50. The Morgan fingerprint density at radius 1 is 1.17 bits per heavy atom. The second-order valence-electron chi connectivity index (χ2n) is 7.63. The largest absolute Gasteiger partial charge is 0.355 e. The molecular weight excluding hydrogens is 288 g/mol. The van der Waals surface area contributed by atoms with Gasteiger partial charge < -0.3 is 15.5 Å². The van der Waals surface area contributed by atoms with Gasteiger partial charge in [0.05, 0.1) is 5.41 Å². The third kappa shape index (κ3) is 6.04. The summed E-state index contributed by atoms with van der Waals surface area (Å²) in [6, 6.07) is 0.382. The van der Waals surface area contributed by atoms with Gasteiger partial charge in [0.2, 0.25) is 5.91 Å². The highest BCUT2D eigenvalue weighted by atomic mass is 16.2. The van der Waals surface area contributed by atoms with E-state index in [0.29, 0.717) is 18.5 Å². The number of amides is 1. The van der Waals surface area contributed by atoms with Gasteiger partial charge in [-0.2, -0.15) is 0 Å². The van der Waals surface area contributed by atoms with Gasteiger partial charge in [-0.1, -0.05) is 26.7 Å². The molecule has 0 aromatic rings. The van der Waals surface area contributed by atoms with Gasteiger partial charge in [-0.15, -0.1) is 0 Å². The van der Waals surface area contributed by atoms with Crippen molar-refractivity contribution in [1.29, 1.82) is 0 Å². The summed E-state index contributed by atoms with van der Waals surface area (Å²) in [7, 11) is 5.49. The lowest BCUT2D eigenvalue weighted by Gasteiger charge is -2.31. The summed E-state index contributed by atoms with van der Waals surface area (Å²) < 4.78 is 0. The first kappa shape index (κ1) is 19.8. The van der Waals surface area contributed by atoms with Crippen molar-refractivity contribution >= 4 is 11.9 Å². The van der Waals surface area contributed by atoms with Gasteiger partial charge in [-0.05, 0) is 38.5 Å². The monoisotopic (exact) mass is 324 g/mol. The third-order valence-corrected chi connectivity index (χ3v) is 4.80. The van der Waals surface area contributed by atoms with Crippen LogP contribution in [0.15, 0.2) is 4.99 Å². The Balaban J connectivity index is 2.56. The summed E-state index contributed by atoms with van der Waals surface area (Å²) in [5.41, 5.74) is -0.262. The Kier molecular flexibility index (Phi) is 7.86. The summed E-state index contributed by atoms with van der Waals surface area (Å²) in [5, 5.41) is 6.84. The number of aliphatic imine (C=N–C) groups is 1. The molecule has 0 saturated heterocycles. The molecular formula is C18H36N4O. The first-order valence-corrected chi connectivity index (χ1v) is 8.99. The van der Waals surface area contributed by atoms with Crippen LogP contribution in [-0.4, -0.2) is 50.5 Å². The quantitative estimate of drug-likeness (QED) is 0.559. The Morgan fingerprint density at radius 3 is 2.26 bits per heavy atom. The Bertz CT molecular complexity index is 398. The molecule has 5 heteroatoms. The van der Waals surface area contributed by atoms with Gasteiger partial charge in [0.15, 0.2) is 5.96 Å². The van der Waals surface area contributed by atoms with Crippen LogP contribution < -0.4 is 10.6 Å². The van der Waals surface area contributed by atoms with E-state index in [1.165, 1.54) is 6.42 Å². The van der Waals surface area contributed by atoms with E-state index in [1.54, 1.807) is 11.9 Å². The van der Waals surface area contributed by atoms with Crippen molar-refractivity contribution in [2.75, 3.05) is 27.7 Å². The van der Waals surface area contributed by atoms with Crippen molar-refractivity contribution in [2.45, 2.75) is 65.3 Å². The van der Waals surface area contributed by atoms with Crippen molar-refractivity contribution in [3.05, 3.63) is 0 Å². The zero-order valence-corrected chi connectivity index (χ0v) is 15.9. The van der Waals surface area contributed by atoms with Crippen LogP contribution in [0.4, 0.5) is 0 Å². The molecule has 0 radical (unpaired) electrons. The Labute approximate surface area is 142 Å². The van der Waals surface area contributed by atoms with Crippen LogP contribution in [0.2, 0.25) is 0 Å². The summed E-state index contributed by atoms with van der Waals surface area (Å²) in [4.78, 5) is 18.6. The minimum absolute atomic E-state index is 0.241. The van der Waals surface area contributed by atoms with E-state index in [-0.39, 0.29) is 11.3 Å². The fourth-order valence-electron chi connectivity index (χ4n) is 3.33. The molecule has 1 fully saturated rings. The number of rotatable bonds is 7. The lowest BCUT2D eigenvalue weighted by atomic mass is 9.84. The van der Waals surface area contributed by atoms with Gasteiger partial charge in [0.1, 0.15) is 0 Å². The molecule has 23 heavy (non-hydrogen) atoms. The van der Waals surface area contributed by atoms with E-state index in [0.717, 1.165) is 38.1 Å². The first-order valence-electron chi connectivity index (χ1n) is 8.99. The lowest BCUT2D eigenvalue weighted by molar-refractivity contribution is -0.138. The average molecular weight is 325 g/mol. The summed E-state index contributed by atoms with van der Waals surface area (Å²) >= 11 is 0. The molecule has 1 amide bonds. The van der Waals surface area contributed by atoms with E-state index < -0.39 is 0 Å². The van der Waals surface area contributed by atoms with Crippen molar-refractivity contribution < 1.29 is 4.79 Å². The molecule has 1 aliphatic carbocycles. The molecule has 1 aliphatic rings. The zero-order chi connectivity index (χ0) is 17.5. The van der Waals surface area contributed by atoms with Gasteiger partial charge >= 0.3 is 0 Å². The minimum atomic E-state index is -0.262. The van der Waals surface area contributed by atoms with E-state index in [4.69, 9.17) is 0 Å². The molecule has 2 N–H and O–H groups in total. The predicted octanol–water partition coefficient (Wildman–Crippen LogP) is 2.62. The molecule has 1 atom stereocenters. The zero-order valence-electron chi connectivity index (χ0n) is 15.9. The fraction of sp³-hybridized carbons (Fsp3) is 0.889. The van der Waals surface area contributed by atoms with Crippen LogP contribution in [0.25, 0.3) is 0 Å². The molecule has 5 nitrogen and oxygen atoms in total. The van der Waals surface area contributed by atoms with Crippen molar-refractivity contribution in [3.63, 3.8) is 0 Å². The summed E-state index contributed by atoms with van der Waals surface area (Å²) in [5.74, 6) is 1.76.